The molecule has 3 heterocycles. The molecule has 3 rings (SSSR count). The fourth-order valence-electron chi connectivity index (χ4n) is 2.03. The Kier molecular flexibility index (Phi) is 2.37. The van der Waals surface area contributed by atoms with Gasteiger partial charge in [-0.25, -0.2) is 4.79 Å². The minimum absolute atomic E-state index is 0.212. The van der Waals surface area contributed by atoms with Crippen LogP contribution in [-0.2, 0) is 9.53 Å². The Labute approximate surface area is 102 Å². The van der Waals surface area contributed by atoms with Crippen LogP contribution in [0.5, 0.6) is 0 Å². The number of hydrogen-bond acceptors (Lipinski definition) is 4. The Morgan fingerprint density at radius 1 is 1.29 bits per heavy atom. The molecule has 17 heavy (non-hydrogen) atoms. The van der Waals surface area contributed by atoms with Crippen LogP contribution in [0.15, 0.2) is 52.5 Å². The first kappa shape index (κ1) is 10.4. The van der Waals surface area contributed by atoms with E-state index in [1.54, 1.807) is 23.7 Å². The van der Waals surface area contributed by atoms with Crippen molar-refractivity contribution in [2.75, 3.05) is 0 Å². The molecule has 4 heteroatoms. The van der Waals surface area contributed by atoms with Gasteiger partial charge in [0.1, 0.15) is 5.76 Å². The Morgan fingerprint density at radius 2 is 2.18 bits per heavy atom. The Balaban J connectivity index is 2.03. The summed E-state index contributed by atoms with van der Waals surface area (Å²) in [5.74, 6) is 0.167. The van der Waals surface area contributed by atoms with Crippen molar-refractivity contribution in [3.8, 4) is 0 Å². The molecule has 3 nitrogen and oxygen atoms in total. The number of furan rings is 1. The molecule has 1 fully saturated rings. The van der Waals surface area contributed by atoms with Crippen LogP contribution in [0.2, 0.25) is 0 Å². The molecule has 2 aromatic rings. The standard InChI is InChI=1S/C13H10O3S/c1-8-11(9-4-2-6-15-9)12(16-13(8)14)10-5-3-7-17-10/h2-7,11-12H,1H2/t11-,12-/m1/s1. The van der Waals surface area contributed by atoms with Crippen LogP contribution in [0.4, 0.5) is 0 Å². The van der Waals surface area contributed by atoms with E-state index in [0.717, 1.165) is 10.6 Å². The maximum Gasteiger partial charge on any atom is 0.334 e. The SMILES string of the molecule is C=C1C(=O)O[C@H](c2cccs2)[C@H]1c1ccco1. The van der Waals surface area contributed by atoms with E-state index in [2.05, 4.69) is 6.58 Å². The number of hydrogen-bond donors (Lipinski definition) is 0. The molecule has 0 aliphatic carbocycles. The second-order valence-electron chi connectivity index (χ2n) is 3.86. The molecule has 0 spiro atoms. The summed E-state index contributed by atoms with van der Waals surface area (Å²) in [5, 5.41) is 1.96. The number of ether oxygens (including phenoxy) is 1. The predicted molar refractivity (Wildman–Crippen MR) is 63.7 cm³/mol. The molecule has 0 amide bonds. The van der Waals surface area contributed by atoms with E-state index in [9.17, 15) is 4.79 Å². The number of rotatable bonds is 2. The van der Waals surface area contributed by atoms with Crippen LogP contribution in [0, 0.1) is 0 Å². The summed E-state index contributed by atoms with van der Waals surface area (Å²) in [5.41, 5.74) is 0.457. The average molecular weight is 246 g/mol. The first-order valence-corrected chi connectivity index (χ1v) is 6.12. The van der Waals surface area contributed by atoms with Crippen LogP contribution < -0.4 is 0 Å². The van der Waals surface area contributed by atoms with Gasteiger partial charge in [0.25, 0.3) is 0 Å². The van der Waals surface area contributed by atoms with Crippen molar-refractivity contribution in [2.45, 2.75) is 12.0 Å². The molecular weight excluding hydrogens is 236 g/mol. The summed E-state index contributed by atoms with van der Waals surface area (Å²) in [7, 11) is 0. The van der Waals surface area contributed by atoms with E-state index in [1.807, 2.05) is 23.6 Å². The van der Waals surface area contributed by atoms with Gasteiger partial charge in [-0.2, -0.15) is 0 Å². The van der Waals surface area contributed by atoms with E-state index in [4.69, 9.17) is 9.15 Å². The van der Waals surface area contributed by atoms with Crippen molar-refractivity contribution in [1.82, 2.24) is 0 Å². The lowest BCUT2D eigenvalue weighted by Crippen LogP contribution is -2.04. The van der Waals surface area contributed by atoms with Gasteiger partial charge in [-0.1, -0.05) is 12.6 Å². The summed E-state index contributed by atoms with van der Waals surface area (Å²) in [6, 6.07) is 7.54. The molecule has 1 saturated heterocycles. The van der Waals surface area contributed by atoms with Gasteiger partial charge in [-0.05, 0) is 23.6 Å². The fourth-order valence-corrected chi connectivity index (χ4v) is 2.82. The van der Waals surface area contributed by atoms with Crippen LogP contribution >= 0.6 is 11.3 Å². The van der Waals surface area contributed by atoms with Gasteiger partial charge in [0.15, 0.2) is 6.10 Å². The third kappa shape index (κ3) is 1.61. The van der Waals surface area contributed by atoms with E-state index in [0.29, 0.717) is 5.57 Å². The van der Waals surface area contributed by atoms with Gasteiger partial charge in [-0.15, -0.1) is 11.3 Å². The lowest BCUT2D eigenvalue weighted by atomic mass is 9.94. The molecule has 0 saturated carbocycles. The van der Waals surface area contributed by atoms with Crippen molar-refractivity contribution in [2.24, 2.45) is 0 Å². The minimum atomic E-state index is -0.343. The lowest BCUT2D eigenvalue weighted by Gasteiger charge is -2.13. The molecule has 0 N–H and O–H groups in total. The van der Waals surface area contributed by atoms with Crippen molar-refractivity contribution < 1.29 is 13.9 Å². The molecule has 0 bridgehead atoms. The number of esters is 1. The zero-order valence-electron chi connectivity index (χ0n) is 8.96. The Hall–Kier alpha value is -1.81. The Morgan fingerprint density at radius 3 is 2.82 bits per heavy atom. The number of carbonyl (C=O) groups is 1. The monoisotopic (exact) mass is 246 g/mol. The second-order valence-corrected chi connectivity index (χ2v) is 4.84. The van der Waals surface area contributed by atoms with Crippen LogP contribution in [0.3, 0.4) is 0 Å². The van der Waals surface area contributed by atoms with E-state index in [1.165, 1.54) is 0 Å². The van der Waals surface area contributed by atoms with Gasteiger partial charge < -0.3 is 9.15 Å². The second kappa shape index (κ2) is 3.89. The van der Waals surface area contributed by atoms with Crippen molar-refractivity contribution in [3.63, 3.8) is 0 Å². The minimum Gasteiger partial charge on any atom is -0.469 e. The van der Waals surface area contributed by atoms with E-state index < -0.39 is 0 Å². The lowest BCUT2D eigenvalue weighted by molar-refractivity contribution is -0.139. The normalized spacial score (nSPS) is 24.0. The Bertz CT molecular complexity index is 539. The number of carbonyl (C=O) groups excluding carboxylic acids is 1. The molecule has 2 atom stereocenters. The highest BCUT2D eigenvalue weighted by Gasteiger charge is 2.42. The van der Waals surface area contributed by atoms with Gasteiger partial charge in [-0.3, -0.25) is 0 Å². The largest absolute Gasteiger partial charge is 0.469 e. The first-order valence-electron chi connectivity index (χ1n) is 5.24. The highest BCUT2D eigenvalue weighted by Crippen LogP contribution is 2.46. The maximum atomic E-state index is 11.6. The average Bonchev–Trinajstić information content (AvgIpc) is 3.01. The highest BCUT2D eigenvalue weighted by molar-refractivity contribution is 7.10. The first-order chi connectivity index (χ1) is 8.27. The molecule has 1 aliphatic heterocycles. The summed E-state index contributed by atoms with van der Waals surface area (Å²) in [6.07, 6.45) is 1.29. The summed E-state index contributed by atoms with van der Waals surface area (Å²) in [4.78, 5) is 12.6. The number of thiophene rings is 1. The summed E-state index contributed by atoms with van der Waals surface area (Å²) < 4.78 is 10.7. The third-order valence-corrected chi connectivity index (χ3v) is 3.78. The van der Waals surface area contributed by atoms with Crippen LogP contribution in [-0.4, -0.2) is 5.97 Å². The van der Waals surface area contributed by atoms with Crippen molar-refractivity contribution in [1.29, 1.82) is 0 Å². The fraction of sp³-hybridized carbons (Fsp3) is 0.154. The topological polar surface area (TPSA) is 39.4 Å². The van der Waals surface area contributed by atoms with E-state index in [-0.39, 0.29) is 18.0 Å². The number of cyclic esters (lactones) is 1. The summed E-state index contributed by atoms with van der Waals surface area (Å²) in [6.45, 7) is 3.80. The third-order valence-electron chi connectivity index (χ3n) is 2.85. The molecule has 0 unspecified atom stereocenters. The van der Waals surface area contributed by atoms with Crippen LogP contribution in [0.1, 0.15) is 22.7 Å². The van der Waals surface area contributed by atoms with Gasteiger partial charge in [0.05, 0.1) is 12.2 Å². The van der Waals surface area contributed by atoms with Crippen molar-refractivity contribution >= 4 is 17.3 Å². The predicted octanol–water partition coefficient (Wildman–Crippen LogP) is 3.28. The zero-order valence-corrected chi connectivity index (χ0v) is 9.78. The van der Waals surface area contributed by atoms with Gasteiger partial charge in [0.2, 0.25) is 0 Å². The van der Waals surface area contributed by atoms with Gasteiger partial charge >= 0.3 is 5.97 Å². The van der Waals surface area contributed by atoms with Crippen molar-refractivity contribution in [3.05, 3.63) is 58.7 Å². The molecule has 2 aromatic heterocycles. The van der Waals surface area contributed by atoms with Crippen LogP contribution in [0.25, 0.3) is 0 Å². The molecule has 0 aromatic carbocycles. The molecular formula is C13H10O3S. The molecule has 0 radical (unpaired) electrons. The smallest absolute Gasteiger partial charge is 0.334 e. The molecule has 86 valence electrons. The highest BCUT2D eigenvalue weighted by atomic mass is 32.1. The van der Waals surface area contributed by atoms with Gasteiger partial charge in [0, 0.05) is 10.5 Å². The van der Waals surface area contributed by atoms with E-state index >= 15 is 0 Å². The summed E-state index contributed by atoms with van der Waals surface area (Å²) >= 11 is 1.57. The zero-order chi connectivity index (χ0) is 11.8. The maximum absolute atomic E-state index is 11.6. The molecule has 1 aliphatic rings. The quantitative estimate of drug-likeness (QED) is 0.603.